The summed E-state index contributed by atoms with van der Waals surface area (Å²) >= 11 is 5.64. The monoisotopic (exact) mass is 357 g/mol. The standard InChI is InChI=1S/C18H23N5OS/c1-4-9-19-17(24)11-21(3)12-22-18(25)23-15-8-6-5-7-14(15)13(2)10-16(23)20-22/h5-8,10H,4,9,11-12H2,1-3H3,(H,19,24). The number of aromatic nitrogens is 3. The normalized spacial score (nSPS) is 11.5. The number of benzene rings is 1. The predicted octanol–water partition coefficient (Wildman–Crippen LogP) is 2.74. The number of hydrogen-bond donors (Lipinski definition) is 1. The van der Waals surface area contributed by atoms with Crippen LogP contribution in [0.25, 0.3) is 16.6 Å². The van der Waals surface area contributed by atoms with Crippen LogP contribution in [-0.2, 0) is 11.5 Å². The van der Waals surface area contributed by atoms with E-state index in [1.807, 2.05) is 41.5 Å². The van der Waals surface area contributed by atoms with Gasteiger partial charge in [0.1, 0.15) is 0 Å². The predicted molar refractivity (Wildman–Crippen MR) is 102 cm³/mol. The maximum Gasteiger partial charge on any atom is 0.234 e. The van der Waals surface area contributed by atoms with Crippen molar-refractivity contribution in [3.05, 3.63) is 40.7 Å². The van der Waals surface area contributed by atoms with Crippen molar-refractivity contribution >= 4 is 34.7 Å². The molecule has 25 heavy (non-hydrogen) atoms. The number of carbonyl (C=O) groups is 1. The van der Waals surface area contributed by atoms with Gasteiger partial charge >= 0.3 is 0 Å². The van der Waals surface area contributed by atoms with Gasteiger partial charge in [0.25, 0.3) is 0 Å². The highest BCUT2D eigenvalue weighted by Crippen LogP contribution is 2.21. The average Bonchev–Trinajstić information content (AvgIpc) is 2.88. The summed E-state index contributed by atoms with van der Waals surface area (Å²) in [5.74, 6) is 0.0147. The summed E-state index contributed by atoms with van der Waals surface area (Å²) in [6.07, 6.45) is 0.930. The third kappa shape index (κ3) is 3.57. The first kappa shape index (κ1) is 17.6. The number of hydrogen-bond acceptors (Lipinski definition) is 4. The molecule has 0 saturated heterocycles. The minimum absolute atomic E-state index is 0.0147. The van der Waals surface area contributed by atoms with E-state index in [1.54, 1.807) is 4.68 Å². The Bertz CT molecular complexity index is 975. The lowest BCUT2D eigenvalue weighted by Crippen LogP contribution is -2.36. The molecule has 0 radical (unpaired) electrons. The van der Waals surface area contributed by atoms with Crippen LogP contribution in [0.1, 0.15) is 18.9 Å². The average molecular weight is 357 g/mol. The molecule has 7 heteroatoms. The van der Waals surface area contributed by atoms with E-state index < -0.39 is 0 Å². The van der Waals surface area contributed by atoms with Gasteiger partial charge in [-0.2, -0.15) is 5.10 Å². The third-order valence-corrected chi connectivity index (χ3v) is 4.53. The molecule has 0 fully saturated rings. The summed E-state index contributed by atoms with van der Waals surface area (Å²) in [5.41, 5.74) is 3.05. The second-order valence-corrected chi connectivity index (χ2v) is 6.69. The van der Waals surface area contributed by atoms with E-state index in [-0.39, 0.29) is 5.91 Å². The van der Waals surface area contributed by atoms with Crippen molar-refractivity contribution in [3.63, 3.8) is 0 Å². The lowest BCUT2D eigenvalue weighted by Gasteiger charge is -2.15. The first-order valence-electron chi connectivity index (χ1n) is 8.44. The van der Waals surface area contributed by atoms with Crippen molar-refractivity contribution in [2.75, 3.05) is 20.1 Å². The van der Waals surface area contributed by atoms with Gasteiger partial charge in [0.2, 0.25) is 10.7 Å². The highest BCUT2D eigenvalue weighted by atomic mass is 32.1. The fourth-order valence-corrected chi connectivity index (χ4v) is 3.24. The van der Waals surface area contributed by atoms with Crippen molar-refractivity contribution in [1.29, 1.82) is 0 Å². The van der Waals surface area contributed by atoms with Gasteiger partial charge in [0.05, 0.1) is 18.7 Å². The number of nitrogens with zero attached hydrogens (tertiary/aromatic N) is 4. The number of nitrogens with one attached hydrogen (secondary N) is 1. The Hall–Kier alpha value is -2.25. The molecule has 0 bridgehead atoms. The van der Waals surface area contributed by atoms with E-state index in [1.165, 1.54) is 5.56 Å². The summed E-state index contributed by atoms with van der Waals surface area (Å²) < 4.78 is 4.39. The van der Waals surface area contributed by atoms with Gasteiger partial charge in [-0.25, -0.2) is 4.68 Å². The SMILES string of the molecule is CCCNC(=O)CN(C)Cn1nc2cc(C)c3ccccc3n2c1=S. The van der Waals surface area contributed by atoms with Crippen LogP contribution in [0, 0.1) is 11.7 Å². The Balaban J connectivity index is 1.91. The molecular formula is C18H23N5OS. The lowest BCUT2D eigenvalue weighted by atomic mass is 10.1. The Kier molecular flexibility index (Phi) is 5.15. The number of para-hydroxylation sites is 1. The van der Waals surface area contributed by atoms with Gasteiger partial charge < -0.3 is 5.32 Å². The van der Waals surface area contributed by atoms with Crippen LogP contribution in [0.15, 0.2) is 30.3 Å². The molecule has 0 unspecified atom stereocenters. The lowest BCUT2D eigenvalue weighted by molar-refractivity contribution is -0.122. The molecule has 3 rings (SSSR count). The molecule has 1 aromatic carbocycles. The van der Waals surface area contributed by atoms with Gasteiger partial charge in [-0.3, -0.25) is 14.1 Å². The van der Waals surface area contributed by atoms with Gasteiger partial charge in [0, 0.05) is 11.9 Å². The highest BCUT2D eigenvalue weighted by Gasteiger charge is 2.12. The molecule has 2 heterocycles. The van der Waals surface area contributed by atoms with Crippen molar-refractivity contribution < 1.29 is 4.79 Å². The molecule has 1 N–H and O–H groups in total. The Labute approximate surface area is 152 Å². The molecule has 132 valence electrons. The molecule has 0 aliphatic heterocycles. The maximum atomic E-state index is 11.9. The zero-order chi connectivity index (χ0) is 18.0. The number of rotatable bonds is 6. The molecule has 2 aromatic heterocycles. The Morgan fingerprint density at radius 1 is 1.36 bits per heavy atom. The number of likely N-dealkylation sites (N-methyl/N-ethyl adjacent to an activating group) is 1. The second-order valence-electron chi connectivity index (χ2n) is 6.33. The maximum absolute atomic E-state index is 11.9. The molecule has 0 atom stereocenters. The Morgan fingerprint density at radius 2 is 2.12 bits per heavy atom. The molecule has 0 aliphatic rings. The van der Waals surface area contributed by atoms with Crippen molar-refractivity contribution in [1.82, 2.24) is 24.4 Å². The fourth-order valence-electron chi connectivity index (χ4n) is 2.95. The molecule has 0 spiro atoms. The summed E-state index contributed by atoms with van der Waals surface area (Å²) in [4.78, 5) is 13.8. The molecule has 1 amide bonds. The number of fused-ring (bicyclic) bond motifs is 3. The van der Waals surface area contributed by atoms with Crippen LogP contribution in [0.3, 0.4) is 0 Å². The van der Waals surface area contributed by atoms with E-state index in [9.17, 15) is 4.79 Å². The summed E-state index contributed by atoms with van der Waals surface area (Å²) in [6.45, 7) is 5.59. The number of aryl methyl sites for hydroxylation is 1. The van der Waals surface area contributed by atoms with Gasteiger partial charge in [0.15, 0.2) is 5.65 Å². The number of amides is 1. The van der Waals surface area contributed by atoms with Gasteiger partial charge in [-0.1, -0.05) is 25.1 Å². The zero-order valence-corrected chi connectivity index (χ0v) is 15.6. The van der Waals surface area contributed by atoms with Gasteiger partial charge in [-0.05, 0) is 50.3 Å². The van der Waals surface area contributed by atoms with Gasteiger partial charge in [-0.15, -0.1) is 0 Å². The van der Waals surface area contributed by atoms with E-state index >= 15 is 0 Å². The third-order valence-electron chi connectivity index (χ3n) is 4.14. The van der Waals surface area contributed by atoms with Crippen molar-refractivity contribution in [2.45, 2.75) is 26.9 Å². The van der Waals surface area contributed by atoms with Crippen molar-refractivity contribution in [3.8, 4) is 0 Å². The van der Waals surface area contributed by atoms with E-state index in [0.29, 0.717) is 24.5 Å². The zero-order valence-electron chi connectivity index (χ0n) is 14.8. The van der Waals surface area contributed by atoms with E-state index in [2.05, 4.69) is 29.5 Å². The van der Waals surface area contributed by atoms with Crippen LogP contribution < -0.4 is 5.32 Å². The Morgan fingerprint density at radius 3 is 2.88 bits per heavy atom. The molecule has 3 aromatic rings. The quantitative estimate of drug-likeness (QED) is 0.689. The number of pyridine rings is 1. The van der Waals surface area contributed by atoms with Crippen LogP contribution in [0.5, 0.6) is 0 Å². The first-order valence-corrected chi connectivity index (χ1v) is 8.85. The van der Waals surface area contributed by atoms with E-state index in [4.69, 9.17) is 12.2 Å². The van der Waals surface area contributed by atoms with Crippen LogP contribution in [0.4, 0.5) is 0 Å². The molecule has 0 aliphatic carbocycles. The summed E-state index contributed by atoms with van der Waals surface area (Å²) in [5, 5.41) is 8.68. The largest absolute Gasteiger partial charge is 0.355 e. The smallest absolute Gasteiger partial charge is 0.234 e. The van der Waals surface area contributed by atoms with Crippen LogP contribution in [0.2, 0.25) is 0 Å². The topological polar surface area (TPSA) is 54.6 Å². The van der Waals surface area contributed by atoms with E-state index in [0.717, 1.165) is 23.0 Å². The molecule has 6 nitrogen and oxygen atoms in total. The summed E-state index contributed by atoms with van der Waals surface area (Å²) in [6, 6.07) is 10.2. The summed E-state index contributed by atoms with van der Waals surface area (Å²) in [7, 11) is 1.89. The van der Waals surface area contributed by atoms with Crippen LogP contribution in [-0.4, -0.2) is 45.1 Å². The van der Waals surface area contributed by atoms with Crippen molar-refractivity contribution in [2.24, 2.45) is 0 Å². The number of carbonyl (C=O) groups excluding carboxylic acids is 1. The molecule has 0 saturated carbocycles. The van der Waals surface area contributed by atoms with Crippen LogP contribution >= 0.6 is 12.2 Å². The first-order chi connectivity index (χ1) is 12.0. The minimum Gasteiger partial charge on any atom is -0.355 e. The highest BCUT2D eigenvalue weighted by molar-refractivity contribution is 7.71. The molecular weight excluding hydrogens is 334 g/mol. The minimum atomic E-state index is 0.0147. The second kappa shape index (κ2) is 7.33. The fraction of sp³-hybridized carbons (Fsp3) is 0.389.